The number of aliphatic hydroxyl groups excluding tert-OH is 1. The SMILES string of the molecule is C=CCOC(=O)c1sc2nc(CN(Cc3ccccc3)CC(O)COCc3ccccc3)[nH]c(=O)c2c1C. The summed E-state index contributed by atoms with van der Waals surface area (Å²) in [4.78, 5) is 35.7. The van der Waals surface area contributed by atoms with E-state index in [9.17, 15) is 14.7 Å². The van der Waals surface area contributed by atoms with Crippen molar-refractivity contribution in [1.82, 2.24) is 14.9 Å². The van der Waals surface area contributed by atoms with E-state index in [1.807, 2.05) is 65.6 Å². The van der Waals surface area contributed by atoms with Gasteiger partial charge in [0.1, 0.15) is 22.1 Å². The van der Waals surface area contributed by atoms with Crippen LogP contribution in [0.5, 0.6) is 0 Å². The van der Waals surface area contributed by atoms with Crippen LogP contribution in [0.25, 0.3) is 10.2 Å². The minimum atomic E-state index is -0.743. The second kappa shape index (κ2) is 13.3. The number of carbonyl (C=O) groups is 1. The van der Waals surface area contributed by atoms with Crippen molar-refractivity contribution >= 4 is 27.5 Å². The number of aliphatic hydroxyl groups is 1. The highest BCUT2D eigenvalue weighted by atomic mass is 32.1. The number of thiophene rings is 1. The largest absolute Gasteiger partial charge is 0.457 e. The Bertz CT molecular complexity index is 1420. The zero-order valence-corrected chi connectivity index (χ0v) is 22.1. The van der Waals surface area contributed by atoms with Crippen LogP contribution < -0.4 is 5.56 Å². The highest BCUT2D eigenvalue weighted by molar-refractivity contribution is 7.20. The Kier molecular flexibility index (Phi) is 9.56. The van der Waals surface area contributed by atoms with Crippen molar-refractivity contribution in [1.29, 1.82) is 0 Å². The first-order valence-corrected chi connectivity index (χ1v) is 13.1. The average Bonchev–Trinajstić information content (AvgIpc) is 3.25. The van der Waals surface area contributed by atoms with Crippen LogP contribution in [0.2, 0.25) is 0 Å². The fourth-order valence-corrected chi connectivity index (χ4v) is 5.23. The first-order valence-electron chi connectivity index (χ1n) is 12.3. The molecule has 2 aromatic heterocycles. The van der Waals surface area contributed by atoms with Crippen LogP contribution in [-0.2, 0) is 29.2 Å². The summed E-state index contributed by atoms with van der Waals surface area (Å²) in [5.74, 6) is -0.0567. The molecule has 0 amide bonds. The zero-order valence-electron chi connectivity index (χ0n) is 21.3. The summed E-state index contributed by atoms with van der Waals surface area (Å²) in [6.07, 6.45) is 0.750. The highest BCUT2D eigenvalue weighted by Gasteiger charge is 2.21. The molecule has 0 saturated heterocycles. The number of rotatable bonds is 13. The number of ether oxygens (including phenoxy) is 2. The molecule has 2 aromatic carbocycles. The van der Waals surface area contributed by atoms with Crippen molar-refractivity contribution in [2.75, 3.05) is 19.8 Å². The van der Waals surface area contributed by atoms with E-state index < -0.39 is 12.1 Å². The smallest absolute Gasteiger partial charge is 0.348 e. The average molecular weight is 534 g/mol. The van der Waals surface area contributed by atoms with Gasteiger partial charge in [-0.2, -0.15) is 0 Å². The molecule has 2 N–H and O–H groups in total. The predicted octanol–water partition coefficient (Wildman–Crippen LogP) is 4.22. The number of aromatic nitrogens is 2. The number of benzene rings is 2. The summed E-state index contributed by atoms with van der Waals surface area (Å²) in [6.45, 7) is 7.10. The zero-order chi connectivity index (χ0) is 26.9. The fraction of sp³-hybridized carbons (Fsp3) is 0.276. The summed E-state index contributed by atoms with van der Waals surface area (Å²) in [7, 11) is 0. The number of hydrogen-bond acceptors (Lipinski definition) is 8. The van der Waals surface area contributed by atoms with Gasteiger partial charge in [0.05, 0.1) is 31.2 Å². The lowest BCUT2D eigenvalue weighted by Gasteiger charge is -2.25. The van der Waals surface area contributed by atoms with E-state index in [0.29, 0.717) is 52.7 Å². The van der Waals surface area contributed by atoms with Gasteiger partial charge in [-0.15, -0.1) is 11.3 Å². The fourth-order valence-electron chi connectivity index (χ4n) is 4.13. The molecule has 198 valence electrons. The molecule has 4 rings (SSSR count). The summed E-state index contributed by atoms with van der Waals surface area (Å²) in [6, 6.07) is 19.7. The Morgan fingerprint density at radius 1 is 1.13 bits per heavy atom. The molecule has 4 aromatic rings. The van der Waals surface area contributed by atoms with Crippen molar-refractivity contribution in [2.45, 2.75) is 32.7 Å². The standard InChI is InChI=1S/C29H31N3O5S/c1-3-14-37-29(35)26-20(2)25-27(34)30-24(31-28(25)38-26)17-32(15-21-10-6-4-7-11-21)16-23(33)19-36-18-22-12-8-5-9-13-22/h3-13,23,33H,1,14-19H2,2H3,(H,30,31,34). The van der Waals surface area contributed by atoms with E-state index >= 15 is 0 Å². The quantitative estimate of drug-likeness (QED) is 0.196. The van der Waals surface area contributed by atoms with Crippen LogP contribution in [0.3, 0.4) is 0 Å². The Morgan fingerprint density at radius 3 is 2.50 bits per heavy atom. The van der Waals surface area contributed by atoms with Crippen LogP contribution in [0.1, 0.15) is 32.2 Å². The summed E-state index contributed by atoms with van der Waals surface area (Å²) in [5.41, 5.74) is 2.34. The molecule has 0 aliphatic carbocycles. The van der Waals surface area contributed by atoms with E-state index in [1.165, 1.54) is 6.08 Å². The number of H-pyrrole nitrogens is 1. The molecular formula is C29H31N3O5S. The Balaban J connectivity index is 1.50. The van der Waals surface area contributed by atoms with Crippen LogP contribution >= 0.6 is 11.3 Å². The van der Waals surface area contributed by atoms with Gasteiger partial charge in [-0.1, -0.05) is 73.3 Å². The molecule has 0 bridgehead atoms. The molecule has 9 heteroatoms. The number of esters is 1. The van der Waals surface area contributed by atoms with Crippen molar-refractivity contribution < 1.29 is 19.4 Å². The van der Waals surface area contributed by atoms with E-state index in [2.05, 4.69) is 16.5 Å². The van der Waals surface area contributed by atoms with Crippen molar-refractivity contribution in [2.24, 2.45) is 0 Å². The summed E-state index contributed by atoms with van der Waals surface area (Å²) >= 11 is 1.14. The monoisotopic (exact) mass is 533 g/mol. The number of aromatic amines is 1. The Hall–Kier alpha value is -3.63. The van der Waals surface area contributed by atoms with E-state index in [0.717, 1.165) is 22.5 Å². The number of nitrogens with zero attached hydrogens (tertiary/aromatic N) is 2. The molecule has 1 atom stereocenters. The predicted molar refractivity (Wildman–Crippen MR) is 148 cm³/mol. The van der Waals surface area contributed by atoms with Gasteiger partial charge in [0.25, 0.3) is 5.56 Å². The highest BCUT2D eigenvalue weighted by Crippen LogP contribution is 2.28. The van der Waals surface area contributed by atoms with E-state index in [-0.39, 0.29) is 18.8 Å². The maximum absolute atomic E-state index is 13.0. The Labute approximate surface area is 225 Å². The number of aryl methyl sites for hydroxylation is 1. The lowest BCUT2D eigenvalue weighted by molar-refractivity contribution is 0.00673. The maximum atomic E-state index is 13.0. The molecule has 0 spiro atoms. The molecule has 0 fully saturated rings. The third kappa shape index (κ3) is 7.23. The molecule has 1 unspecified atom stereocenters. The van der Waals surface area contributed by atoms with Crippen LogP contribution in [0.4, 0.5) is 0 Å². The van der Waals surface area contributed by atoms with E-state index in [1.54, 1.807) is 6.92 Å². The molecular weight excluding hydrogens is 502 g/mol. The molecule has 38 heavy (non-hydrogen) atoms. The summed E-state index contributed by atoms with van der Waals surface area (Å²) < 4.78 is 10.9. The summed E-state index contributed by atoms with van der Waals surface area (Å²) in [5, 5.41) is 11.1. The second-order valence-electron chi connectivity index (χ2n) is 8.95. The lowest BCUT2D eigenvalue weighted by Crippen LogP contribution is -2.35. The third-order valence-electron chi connectivity index (χ3n) is 5.88. The van der Waals surface area contributed by atoms with Gasteiger partial charge in [0, 0.05) is 13.1 Å². The van der Waals surface area contributed by atoms with Gasteiger partial charge in [0.15, 0.2) is 0 Å². The molecule has 8 nitrogen and oxygen atoms in total. The minimum absolute atomic E-state index is 0.0907. The number of hydrogen-bond donors (Lipinski definition) is 2. The van der Waals surface area contributed by atoms with Crippen LogP contribution in [0, 0.1) is 6.92 Å². The van der Waals surface area contributed by atoms with Gasteiger partial charge in [0.2, 0.25) is 0 Å². The first kappa shape index (κ1) is 27.4. The van der Waals surface area contributed by atoms with Crippen molar-refractivity contribution in [3.8, 4) is 0 Å². The molecule has 0 aliphatic rings. The van der Waals surface area contributed by atoms with Crippen molar-refractivity contribution in [3.63, 3.8) is 0 Å². The van der Waals surface area contributed by atoms with Crippen LogP contribution in [-0.4, -0.2) is 51.8 Å². The van der Waals surface area contributed by atoms with Gasteiger partial charge < -0.3 is 19.6 Å². The van der Waals surface area contributed by atoms with Gasteiger partial charge in [-0.3, -0.25) is 9.69 Å². The third-order valence-corrected chi connectivity index (χ3v) is 7.05. The topological polar surface area (TPSA) is 105 Å². The van der Waals surface area contributed by atoms with Crippen molar-refractivity contribution in [3.05, 3.63) is 111 Å². The molecule has 0 saturated carbocycles. The van der Waals surface area contributed by atoms with Gasteiger partial charge in [-0.05, 0) is 23.6 Å². The lowest BCUT2D eigenvalue weighted by atomic mass is 10.2. The second-order valence-corrected chi connectivity index (χ2v) is 9.94. The number of carbonyl (C=O) groups excluding carboxylic acids is 1. The molecule has 2 heterocycles. The maximum Gasteiger partial charge on any atom is 0.348 e. The van der Waals surface area contributed by atoms with Crippen LogP contribution in [0.15, 0.2) is 78.1 Å². The number of fused-ring (bicyclic) bond motifs is 1. The Morgan fingerprint density at radius 2 is 1.82 bits per heavy atom. The van der Waals surface area contributed by atoms with Gasteiger partial charge in [-0.25, -0.2) is 9.78 Å². The minimum Gasteiger partial charge on any atom is -0.457 e. The molecule has 0 aliphatic heterocycles. The normalized spacial score (nSPS) is 12.1. The first-order chi connectivity index (χ1) is 18.4. The molecule has 0 radical (unpaired) electrons. The van der Waals surface area contributed by atoms with E-state index in [4.69, 9.17) is 9.47 Å². The van der Waals surface area contributed by atoms with Gasteiger partial charge >= 0.3 is 5.97 Å². The number of nitrogens with one attached hydrogen (secondary N) is 1.